The van der Waals surface area contributed by atoms with Crippen molar-refractivity contribution in [3.63, 3.8) is 0 Å². The Balaban J connectivity index is 0.00000176. The molecule has 5 heteroatoms. The van der Waals surface area contributed by atoms with Crippen LogP contribution in [-0.4, -0.2) is 19.0 Å². The molecule has 2 aliphatic carbocycles. The second kappa shape index (κ2) is 6.97. The van der Waals surface area contributed by atoms with Crippen molar-refractivity contribution in [2.24, 2.45) is 17.6 Å². The van der Waals surface area contributed by atoms with Crippen LogP contribution in [0.15, 0.2) is 24.3 Å². The van der Waals surface area contributed by atoms with E-state index >= 15 is 0 Å². The van der Waals surface area contributed by atoms with Crippen LogP contribution >= 0.6 is 12.4 Å². The molecule has 1 aromatic rings. The molecule has 3 rings (SSSR count). The lowest BCUT2D eigenvalue weighted by Gasteiger charge is -2.21. The van der Waals surface area contributed by atoms with E-state index in [9.17, 15) is 9.18 Å². The van der Waals surface area contributed by atoms with Gasteiger partial charge < -0.3 is 11.1 Å². The summed E-state index contributed by atoms with van der Waals surface area (Å²) in [7, 11) is 0. The average molecular weight is 327 g/mol. The van der Waals surface area contributed by atoms with Crippen molar-refractivity contribution < 1.29 is 9.18 Å². The molecule has 2 saturated carbocycles. The third kappa shape index (κ3) is 3.44. The van der Waals surface area contributed by atoms with Crippen LogP contribution in [0.4, 0.5) is 4.39 Å². The van der Waals surface area contributed by atoms with Gasteiger partial charge in [0, 0.05) is 17.9 Å². The zero-order chi connectivity index (χ0) is 14.9. The first-order valence-corrected chi connectivity index (χ1v) is 7.88. The molecule has 0 heterocycles. The summed E-state index contributed by atoms with van der Waals surface area (Å²) in [6, 6.07) is 6.68. The van der Waals surface area contributed by atoms with Gasteiger partial charge in [-0.25, -0.2) is 4.39 Å². The highest BCUT2D eigenvalue weighted by Gasteiger charge is 2.45. The first-order valence-electron chi connectivity index (χ1n) is 7.88. The number of nitrogens with one attached hydrogen (secondary N) is 1. The molecular formula is C17H24ClFN2O. The fraction of sp³-hybridized carbons (Fsp3) is 0.588. The molecule has 0 unspecified atom stereocenters. The lowest BCUT2D eigenvalue weighted by molar-refractivity contribution is -0.126. The Labute approximate surface area is 137 Å². The van der Waals surface area contributed by atoms with Crippen molar-refractivity contribution >= 4 is 18.3 Å². The molecule has 22 heavy (non-hydrogen) atoms. The number of halogens is 2. The van der Waals surface area contributed by atoms with Gasteiger partial charge in [-0.2, -0.15) is 0 Å². The maximum absolute atomic E-state index is 13.0. The predicted molar refractivity (Wildman–Crippen MR) is 87.5 cm³/mol. The van der Waals surface area contributed by atoms with Crippen molar-refractivity contribution in [3.05, 3.63) is 35.6 Å². The minimum absolute atomic E-state index is 0. The van der Waals surface area contributed by atoms with Gasteiger partial charge in [-0.15, -0.1) is 12.4 Å². The summed E-state index contributed by atoms with van der Waals surface area (Å²) in [5.74, 6) is 0.358. The third-order valence-electron chi connectivity index (χ3n) is 5.21. The highest BCUT2D eigenvalue weighted by molar-refractivity contribution is 5.85. The zero-order valence-electron chi connectivity index (χ0n) is 12.7. The lowest BCUT2D eigenvalue weighted by Crippen LogP contribution is -2.39. The van der Waals surface area contributed by atoms with Gasteiger partial charge in [0.2, 0.25) is 5.91 Å². The smallest absolute Gasteiger partial charge is 0.223 e. The van der Waals surface area contributed by atoms with Gasteiger partial charge in [0.15, 0.2) is 0 Å². The van der Waals surface area contributed by atoms with E-state index in [1.807, 2.05) is 12.1 Å². The summed E-state index contributed by atoms with van der Waals surface area (Å²) in [6.07, 6.45) is 5.24. The van der Waals surface area contributed by atoms with Crippen LogP contribution in [-0.2, 0) is 10.2 Å². The normalized spacial score (nSPS) is 25.4. The van der Waals surface area contributed by atoms with Crippen LogP contribution in [0.3, 0.4) is 0 Å². The number of carbonyl (C=O) groups excluding carboxylic acids is 1. The van der Waals surface area contributed by atoms with Crippen molar-refractivity contribution in [1.29, 1.82) is 0 Å². The molecule has 122 valence electrons. The molecule has 3 N–H and O–H groups in total. The lowest BCUT2D eigenvalue weighted by atomic mass is 9.93. The molecule has 3 nitrogen and oxygen atoms in total. The molecule has 0 bridgehead atoms. The van der Waals surface area contributed by atoms with Gasteiger partial charge in [-0.1, -0.05) is 18.6 Å². The first kappa shape index (κ1) is 17.2. The summed E-state index contributed by atoms with van der Waals surface area (Å²) >= 11 is 0. The molecular weight excluding hydrogens is 303 g/mol. The Bertz CT molecular complexity index is 516. The van der Waals surface area contributed by atoms with Crippen molar-refractivity contribution in [3.8, 4) is 0 Å². The van der Waals surface area contributed by atoms with Gasteiger partial charge in [-0.3, -0.25) is 4.79 Å². The number of rotatable bonds is 5. The summed E-state index contributed by atoms with van der Waals surface area (Å²) in [4.78, 5) is 12.3. The molecule has 2 fully saturated rings. The number of hydrogen-bond acceptors (Lipinski definition) is 2. The minimum Gasteiger partial charge on any atom is -0.355 e. The van der Waals surface area contributed by atoms with Crippen LogP contribution in [0.2, 0.25) is 0 Å². The summed E-state index contributed by atoms with van der Waals surface area (Å²) < 4.78 is 13.0. The van der Waals surface area contributed by atoms with Crippen LogP contribution in [0.25, 0.3) is 0 Å². The fourth-order valence-corrected chi connectivity index (χ4v) is 3.57. The fourth-order valence-electron chi connectivity index (χ4n) is 3.57. The summed E-state index contributed by atoms with van der Waals surface area (Å²) in [6.45, 7) is 1.26. The third-order valence-corrected chi connectivity index (χ3v) is 5.21. The Morgan fingerprint density at radius 1 is 1.27 bits per heavy atom. The number of benzene rings is 1. The van der Waals surface area contributed by atoms with Crippen LogP contribution in [0.5, 0.6) is 0 Å². The van der Waals surface area contributed by atoms with E-state index < -0.39 is 0 Å². The van der Waals surface area contributed by atoms with Crippen LogP contribution in [0, 0.1) is 17.7 Å². The average Bonchev–Trinajstić information content (AvgIpc) is 3.13. The molecule has 0 spiro atoms. The summed E-state index contributed by atoms with van der Waals surface area (Å²) in [5, 5.41) is 3.12. The molecule has 0 aromatic heterocycles. The molecule has 1 aromatic carbocycles. The number of amides is 1. The Morgan fingerprint density at radius 3 is 2.55 bits per heavy atom. The zero-order valence-corrected chi connectivity index (χ0v) is 13.5. The van der Waals surface area contributed by atoms with E-state index in [0.717, 1.165) is 37.7 Å². The van der Waals surface area contributed by atoms with Crippen LogP contribution < -0.4 is 11.1 Å². The van der Waals surface area contributed by atoms with E-state index in [1.54, 1.807) is 0 Å². The molecule has 0 radical (unpaired) electrons. The molecule has 0 saturated heterocycles. The number of carbonyl (C=O) groups is 1. The SMILES string of the molecule is Cl.NC[C@H]1CCC[C@H]1C(=O)NCC1(c2ccc(F)cc2)CC1. The monoisotopic (exact) mass is 326 g/mol. The Morgan fingerprint density at radius 2 is 1.95 bits per heavy atom. The summed E-state index contributed by atoms with van der Waals surface area (Å²) in [5.41, 5.74) is 6.90. The first-order chi connectivity index (χ1) is 10.1. The predicted octanol–water partition coefficient (Wildman–Crippen LogP) is 2.77. The van der Waals surface area contributed by atoms with Gasteiger partial charge in [0.05, 0.1) is 0 Å². The molecule has 1 amide bonds. The molecule has 2 atom stereocenters. The Hall–Kier alpha value is -1.13. The number of nitrogens with two attached hydrogens (primary N) is 1. The van der Waals surface area contributed by atoms with E-state index in [4.69, 9.17) is 5.73 Å². The molecule has 2 aliphatic rings. The largest absolute Gasteiger partial charge is 0.355 e. The van der Waals surface area contributed by atoms with E-state index in [2.05, 4.69) is 5.32 Å². The quantitative estimate of drug-likeness (QED) is 0.874. The van der Waals surface area contributed by atoms with Gasteiger partial charge in [0.25, 0.3) is 0 Å². The highest BCUT2D eigenvalue weighted by atomic mass is 35.5. The highest BCUT2D eigenvalue weighted by Crippen LogP contribution is 2.47. The van der Waals surface area contributed by atoms with E-state index in [1.165, 1.54) is 12.1 Å². The van der Waals surface area contributed by atoms with E-state index in [0.29, 0.717) is 19.0 Å². The maximum atomic E-state index is 13.0. The molecule has 0 aliphatic heterocycles. The van der Waals surface area contributed by atoms with Crippen molar-refractivity contribution in [2.75, 3.05) is 13.1 Å². The van der Waals surface area contributed by atoms with Gasteiger partial charge in [0.1, 0.15) is 5.82 Å². The van der Waals surface area contributed by atoms with Crippen molar-refractivity contribution in [2.45, 2.75) is 37.5 Å². The minimum atomic E-state index is -0.213. The standard InChI is InChI=1S/C17H23FN2O.ClH/c18-14-6-4-13(5-7-14)17(8-9-17)11-20-16(21)15-3-1-2-12(15)10-19;/h4-7,12,15H,1-3,8-11,19H2,(H,20,21);1H/t12-,15-;/m1./s1. The van der Waals surface area contributed by atoms with Crippen LogP contribution in [0.1, 0.15) is 37.7 Å². The number of hydrogen-bond donors (Lipinski definition) is 2. The topological polar surface area (TPSA) is 55.1 Å². The van der Waals surface area contributed by atoms with Crippen molar-refractivity contribution in [1.82, 2.24) is 5.32 Å². The maximum Gasteiger partial charge on any atom is 0.223 e. The van der Waals surface area contributed by atoms with Gasteiger partial charge >= 0.3 is 0 Å². The van der Waals surface area contributed by atoms with Gasteiger partial charge in [-0.05, 0) is 55.8 Å². The van der Waals surface area contributed by atoms with E-state index in [-0.39, 0.29) is 35.5 Å². The Kier molecular flexibility index (Phi) is 5.45. The second-order valence-electron chi connectivity index (χ2n) is 6.54. The second-order valence-corrected chi connectivity index (χ2v) is 6.54.